The van der Waals surface area contributed by atoms with Crippen LogP contribution < -0.4 is 14.4 Å². The highest BCUT2D eigenvalue weighted by Crippen LogP contribution is 2.20. The molecule has 1 atom stereocenters. The van der Waals surface area contributed by atoms with E-state index in [0.29, 0.717) is 11.4 Å². The Morgan fingerprint density at radius 1 is 1.12 bits per heavy atom. The van der Waals surface area contributed by atoms with Gasteiger partial charge in [-0.05, 0) is 43.7 Å². The largest absolute Gasteiger partial charge is 0.484 e. The third kappa shape index (κ3) is 5.49. The minimum atomic E-state index is -3.31. The molecule has 0 radical (unpaired) electrons. The molecule has 1 amide bonds. The first-order valence-electron chi connectivity index (χ1n) is 8.19. The second-order valence-electron chi connectivity index (χ2n) is 6.21. The average molecular weight is 376 g/mol. The minimum Gasteiger partial charge on any atom is -0.484 e. The first kappa shape index (κ1) is 19.8. The number of hydrogen-bond acceptors (Lipinski definition) is 4. The Hall–Kier alpha value is -2.54. The molecule has 1 N–H and O–H groups in total. The first-order valence-corrected chi connectivity index (χ1v) is 10.0. The predicted molar refractivity (Wildman–Crippen MR) is 103 cm³/mol. The number of aryl methyl sites for hydroxylation is 1. The number of amides is 1. The van der Waals surface area contributed by atoms with Gasteiger partial charge in [0.25, 0.3) is 5.91 Å². The van der Waals surface area contributed by atoms with Crippen molar-refractivity contribution in [2.75, 3.05) is 24.2 Å². The monoisotopic (exact) mass is 376 g/mol. The summed E-state index contributed by atoms with van der Waals surface area (Å²) in [7, 11) is -1.83. The average Bonchev–Trinajstić information content (AvgIpc) is 2.59. The third-order valence-electron chi connectivity index (χ3n) is 4.02. The number of rotatable bonds is 7. The molecule has 2 aromatic carbocycles. The Morgan fingerprint density at radius 2 is 1.69 bits per heavy atom. The second-order valence-corrected chi connectivity index (χ2v) is 8.23. The molecule has 2 aromatic rings. The van der Waals surface area contributed by atoms with Crippen LogP contribution >= 0.6 is 0 Å². The lowest BCUT2D eigenvalue weighted by Gasteiger charge is -2.17. The first-order chi connectivity index (χ1) is 12.2. The summed E-state index contributed by atoms with van der Waals surface area (Å²) >= 11 is 0. The molecule has 7 heteroatoms. The molecule has 140 valence electrons. The van der Waals surface area contributed by atoms with E-state index in [9.17, 15) is 13.2 Å². The van der Waals surface area contributed by atoms with Crippen LogP contribution in [0.2, 0.25) is 0 Å². The van der Waals surface area contributed by atoms with Crippen molar-refractivity contribution in [3.8, 4) is 5.75 Å². The highest BCUT2D eigenvalue weighted by atomic mass is 32.2. The van der Waals surface area contributed by atoms with Crippen LogP contribution in [-0.4, -0.2) is 34.2 Å². The number of nitrogens with one attached hydrogen (secondary N) is 1. The van der Waals surface area contributed by atoms with Gasteiger partial charge >= 0.3 is 0 Å². The van der Waals surface area contributed by atoms with Gasteiger partial charge in [-0.25, -0.2) is 8.42 Å². The molecule has 0 aliphatic carbocycles. The Kier molecular flexibility index (Phi) is 6.26. The van der Waals surface area contributed by atoms with Gasteiger partial charge in [0, 0.05) is 7.05 Å². The van der Waals surface area contributed by atoms with Crippen LogP contribution in [0.4, 0.5) is 5.69 Å². The maximum atomic E-state index is 12.1. The van der Waals surface area contributed by atoms with Crippen LogP contribution in [-0.2, 0) is 14.8 Å². The summed E-state index contributed by atoms with van der Waals surface area (Å²) in [6, 6.07) is 14.4. The molecule has 0 aromatic heterocycles. The van der Waals surface area contributed by atoms with Crippen molar-refractivity contribution in [1.82, 2.24) is 5.32 Å². The van der Waals surface area contributed by atoms with Crippen molar-refractivity contribution in [3.05, 3.63) is 59.7 Å². The lowest BCUT2D eigenvalue weighted by Crippen LogP contribution is -2.31. The van der Waals surface area contributed by atoms with Crippen molar-refractivity contribution in [2.45, 2.75) is 19.9 Å². The van der Waals surface area contributed by atoms with Crippen LogP contribution in [0.3, 0.4) is 0 Å². The molecule has 1 unspecified atom stereocenters. The summed E-state index contributed by atoms with van der Waals surface area (Å²) in [5, 5.41) is 2.88. The molecule has 6 nitrogen and oxygen atoms in total. The van der Waals surface area contributed by atoms with Gasteiger partial charge in [-0.3, -0.25) is 9.10 Å². The van der Waals surface area contributed by atoms with Crippen LogP contribution in [0.25, 0.3) is 0 Å². The van der Waals surface area contributed by atoms with Crippen LogP contribution in [0.15, 0.2) is 48.5 Å². The van der Waals surface area contributed by atoms with E-state index in [0.717, 1.165) is 11.8 Å². The van der Waals surface area contributed by atoms with Gasteiger partial charge in [0.15, 0.2) is 6.61 Å². The Morgan fingerprint density at radius 3 is 2.23 bits per heavy atom. The van der Waals surface area contributed by atoms with E-state index in [1.54, 1.807) is 24.3 Å². The highest BCUT2D eigenvalue weighted by molar-refractivity contribution is 7.92. The fourth-order valence-corrected chi connectivity index (χ4v) is 2.82. The summed E-state index contributed by atoms with van der Waals surface area (Å²) in [6.07, 6.45) is 1.14. The number of hydrogen-bond donors (Lipinski definition) is 1. The van der Waals surface area contributed by atoms with Gasteiger partial charge in [0.1, 0.15) is 5.75 Å². The third-order valence-corrected chi connectivity index (χ3v) is 5.23. The van der Waals surface area contributed by atoms with E-state index in [1.807, 2.05) is 38.1 Å². The van der Waals surface area contributed by atoms with Gasteiger partial charge < -0.3 is 10.1 Å². The second kappa shape index (κ2) is 8.23. The van der Waals surface area contributed by atoms with Gasteiger partial charge in [-0.1, -0.05) is 29.8 Å². The summed E-state index contributed by atoms with van der Waals surface area (Å²) < 4.78 is 29.7. The zero-order valence-corrected chi connectivity index (χ0v) is 16.2. The summed E-state index contributed by atoms with van der Waals surface area (Å²) in [6.45, 7) is 3.82. The van der Waals surface area contributed by atoms with Crippen molar-refractivity contribution in [1.29, 1.82) is 0 Å². The van der Waals surface area contributed by atoms with Crippen molar-refractivity contribution >= 4 is 21.6 Å². The van der Waals surface area contributed by atoms with Gasteiger partial charge in [0.05, 0.1) is 18.0 Å². The maximum absolute atomic E-state index is 12.1. The maximum Gasteiger partial charge on any atom is 0.258 e. The fraction of sp³-hybridized carbons (Fsp3) is 0.316. The Balaban J connectivity index is 1.88. The van der Waals surface area contributed by atoms with Crippen molar-refractivity contribution in [2.24, 2.45) is 0 Å². The van der Waals surface area contributed by atoms with Crippen LogP contribution in [0.1, 0.15) is 24.1 Å². The number of benzene rings is 2. The topological polar surface area (TPSA) is 75.7 Å². The molecule has 0 spiro atoms. The zero-order valence-electron chi connectivity index (χ0n) is 15.4. The van der Waals surface area contributed by atoms with Gasteiger partial charge in [-0.15, -0.1) is 0 Å². The lowest BCUT2D eigenvalue weighted by molar-refractivity contribution is -0.123. The van der Waals surface area contributed by atoms with Gasteiger partial charge in [-0.2, -0.15) is 0 Å². The number of ether oxygens (including phenoxy) is 1. The molecule has 26 heavy (non-hydrogen) atoms. The molecular formula is C19H24N2O4S. The molecule has 0 aliphatic heterocycles. The standard InChI is InChI=1S/C19H24N2O4S/c1-14-5-7-16(8-6-14)15(2)20-19(22)13-25-18-11-9-17(10-12-18)21(3)26(4,23)24/h5-12,15H,13H2,1-4H3,(H,20,22). The molecule has 2 rings (SSSR count). The van der Waals surface area contributed by atoms with E-state index in [4.69, 9.17) is 4.74 Å². The summed E-state index contributed by atoms with van der Waals surface area (Å²) in [5.41, 5.74) is 2.72. The van der Waals surface area contributed by atoms with Crippen LogP contribution in [0.5, 0.6) is 5.75 Å². The molecule has 0 bridgehead atoms. The molecule has 0 saturated heterocycles. The summed E-state index contributed by atoms with van der Waals surface area (Å²) in [4.78, 5) is 12.1. The number of sulfonamides is 1. The smallest absolute Gasteiger partial charge is 0.258 e. The number of anilines is 1. The van der Waals surface area contributed by atoms with E-state index < -0.39 is 10.0 Å². The van der Waals surface area contributed by atoms with E-state index in [2.05, 4.69) is 5.32 Å². The van der Waals surface area contributed by atoms with E-state index >= 15 is 0 Å². The predicted octanol–water partition coefficient (Wildman–Crippen LogP) is 2.65. The molecule has 0 aliphatic rings. The number of carbonyl (C=O) groups excluding carboxylic acids is 1. The van der Waals surface area contributed by atoms with E-state index in [1.165, 1.54) is 16.9 Å². The van der Waals surface area contributed by atoms with E-state index in [-0.39, 0.29) is 18.6 Å². The number of carbonyl (C=O) groups is 1. The minimum absolute atomic E-state index is 0.113. The van der Waals surface area contributed by atoms with Crippen LogP contribution in [0, 0.1) is 6.92 Å². The SMILES string of the molecule is Cc1ccc(C(C)NC(=O)COc2ccc(N(C)S(C)(=O)=O)cc2)cc1. The van der Waals surface area contributed by atoms with Crippen molar-refractivity contribution in [3.63, 3.8) is 0 Å². The Labute approximate surface area is 154 Å². The zero-order chi connectivity index (χ0) is 19.3. The molecular weight excluding hydrogens is 352 g/mol. The summed E-state index contributed by atoms with van der Waals surface area (Å²) in [5.74, 6) is 0.268. The molecule has 0 fully saturated rings. The van der Waals surface area contributed by atoms with Crippen molar-refractivity contribution < 1.29 is 17.9 Å². The van der Waals surface area contributed by atoms with Gasteiger partial charge in [0.2, 0.25) is 10.0 Å². The molecule has 0 saturated carbocycles. The Bertz CT molecular complexity index is 846. The molecule has 0 heterocycles. The highest BCUT2D eigenvalue weighted by Gasteiger charge is 2.12. The fourth-order valence-electron chi connectivity index (χ4n) is 2.31. The lowest BCUT2D eigenvalue weighted by atomic mass is 10.1. The number of nitrogens with zero attached hydrogens (tertiary/aromatic N) is 1. The quantitative estimate of drug-likeness (QED) is 0.806. The normalized spacial score (nSPS) is 12.3.